The van der Waals surface area contributed by atoms with E-state index >= 15 is 0 Å². The number of carbonyl (C=O) groups is 1. The van der Waals surface area contributed by atoms with Crippen LogP contribution in [0.5, 0.6) is 0 Å². The molecular formula is C11H20O3. The molecule has 0 aromatic rings. The molecule has 82 valence electrons. The van der Waals surface area contributed by atoms with E-state index in [1.165, 1.54) is 0 Å². The van der Waals surface area contributed by atoms with Crippen molar-refractivity contribution in [3.63, 3.8) is 0 Å². The van der Waals surface area contributed by atoms with Crippen LogP contribution in [0.3, 0.4) is 0 Å². The third-order valence-corrected chi connectivity index (χ3v) is 1.73. The van der Waals surface area contributed by atoms with E-state index in [1.807, 2.05) is 13.8 Å². The number of carbonyl (C=O) groups excluding carboxylic acids is 1. The van der Waals surface area contributed by atoms with E-state index in [4.69, 9.17) is 9.47 Å². The molecule has 0 saturated carbocycles. The van der Waals surface area contributed by atoms with Crippen LogP contribution in [-0.2, 0) is 14.3 Å². The second kappa shape index (κ2) is 8.91. The van der Waals surface area contributed by atoms with Crippen molar-refractivity contribution >= 4 is 5.78 Å². The number of hydrogen-bond acceptors (Lipinski definition) is 3. The molecular weight excluding hydrogens is 180 g/mol. The highest BCUT2D eigenvalue weighted by Gasteiger charge is 2.12. The highest BCUT2D eigenvalue weighted by Crippen LogP contribution is 2.05. The molecule has 0 radical (unpaired) electrons. The lowest BCUT2D eigenvalue weighted by Gasteiger charge is -2.15. The molecule has 0 aliphatic carbocycles. The molecule has 0 unspecified atom stereocenters. The summed E-state index contributed by atoms with van der Waals surface area (Å²) in [5.74, 6) is 0.164. The third kappa shape index (κ3) is 6.80. The van der Waals surface area contributed by atoms with Crippen LogP contribution in [0, 0.1) is 0 Å². The number of Topliss-reactive ketones (excluding diaryl/α,β-unsaturated/α-hetero) is 1. The SMILES string of the molecule is C=CCCC(=O)CC(OCC)OCC. The smallest absolute Gasteiger partial charge is 0.164 e. The highest BCUT2D eigenvalue weighted by atomic mass is 16.7. The van der Waals surface area contributed by atoms with Gasteiger partial charge in [0.15, 0.2) is 6.29 Å². The molecule has 0 heterocycles. The topological polar surface area (TPSA) is 35.5 Å². The summed E-state index contributed by atoms with van der Waals surface area (Å²) in [6, 6.07) is 0. The molecule has 0 aromatic heterocycles. The van der Waals surface area contributed by atoms with Crippen molar-refractivity contribution in [2.24, 2.45) is 0 Å². The Bertz CT molecular complexity index is 160. The minimum atomic E-state index is -0.373. The minimum Gasteiger partial charge on any atom is -0.352 e. The Labute approximate surface area is 86.1 Å². The van der Waals surface area contributed by atoms with Gasteiger partial charge in [-0.2, -0.15) is 0 Å². The van der Waals surface area contributed by atoms with E-state index < -0.39 is 0 Å². The fourth-order valence-corrected chi connectivity index (χ4v) is 1.09. The highest BCUT2D eigenvalue weighted by molar-refractivity contribution is 5.78. The zero-order valence-electron chi connectivity index (χ0n) is 9.12. The zero-order chi connectivity index (χ0) is 10.8. The molecule has 0 rings (SSSR count). The quantitative estimate of drug-likeness (QED) is 0.423. The Kier molecular flexibility index (Phi) is 8.48. The zero-order valence-corrected chi connectivity index (χ0v) is 9.12. The second-order valence-corrected chi connectivity index (χ2v) is 2.91. The summed E-state index contributed by atoms with van der Waals surface area (Å²) < 4.78 is 10.5. The Morgan fingerprint density at radius 3 is 2.36 bits per heavy atom. The standard InChI is InChI=1S/C11H20O3/c1-4-7-8-10(12)9-11(13-5-2)14-6-3/h4,11H,1,5-9H2,2-3H3. The maximum absolute atomic E-state index is 11.4. The lowest BCUT2D eigenvalue weighted by Crippen LogP contribution is -2.21. The molecule has 0 fully saturated rings. The normalized spacial score (nSPS) is 10.5. The number of ether oxygens (including phenoxy) is 2. The van der Waals surface area contributed by atoms with Gasteiger partial charge in [-0.15, -0.1) is 6.58 Å². The molecule has 0 atom stereocenters. The van der Waals surface area contributed by atoms with Crippen LogP contribution < -0.4 is 0 Å². The van der Waals surface area contributed by atoms with E-state index in [0.717, 1.165) is 6.42 Å². The largest absolute Gasteiger partial charge is 0.352 e. The Balaban J connectivity index is 3.76. The third-order valence-electron chi connectivity index (χ3n) is 1.73. The first kappa shape index (κ1) is 13.3. The molecule has 3 heteroatoms. The van der Waals surface area contributed by atoms with E-state index in [-0.39, 0.29) is 12.1 Å². The second-order valence-electron chi connectivity index (χ2n) is 2.91. The van der Waals surface area contributed by atoms with E-state index in [2.05, 4.69) is 6.58 Å². The van der Waals surface area contributed by atoms with Crippen LogP contribution in [0.2, 0.25) is 0 Å². The van der Waals surface area contributed by atoms with Gasteiger partial charge in [-0.25, -0.2) is 0 Å². The van der Waals surface area contributed by atoms with Crippen LogP contribution in [0.1, 0.15) is 33.1 Å². The van der Waals surface area contributed by atoms with Gasteiger partial charge in [0, 0.05) is 19.6 Å². The average molecular weight is 200 g/mol. The van der Waals surface area contributed by atoms with Crippen molar-refractivity contribution in [3.05, 3.63) is 12.7 Å². The van der Waals surface area contributed by atoms with Gasteiger partial charge < -0.3 is 9.47 Å². The molecule has 0 N–H and O–H groups in total. The predicted octanol–water partition coefficient (Wildman–Crippen LogP) is 2.31. The van der Waals surface area contributed by atoms with Crippen molar-refractivity contribution in [2.75, 3.05) is 13.2 Å². The maximum Gasteiger partial charge on any atom is 0.164 e. The van der Waals surface area contributed by atoms with Crippen LogP contribution in [0.25, 0.3) is 0 Å². The molecule has 0 aliphatic heterocycles. The molecule has 0 aliphatic rings. The van der Waals surface area contributed by atoms with Crippen LogP contribution in [0.15, 0.2) is 12.7 Å². The van der Waals surface area contributed by atoms with Crippen molar-refractivity contribution in [2.45, 2.75) is 39.4 Å². The Morgan fingerprint density at radius 2 is 1.93 bits per heavy atom. The summed E-state index contributed by atoms with van der Waals surface area (Å²) in [5, 5.41) is 0. The Morgan fingerprint density at radius 1 is 1.36 bits per heavy atom. The summed E-state index contributed by atoms with van der Waals surface area (Å²) in [7, 11) is 0. The van der Waals surface area contributed by atoms with Gasteiger partial charge in [0.05, 0.1) is 6.42 Å². The molecule has 0 saturated heterocycles. The van der Waals surface area contributed by atoms with Crippen LogP contribution >= 0.6 is 0 Å². The van der Waals surface area contributed by atoms with E-state index in [9.17, 15) is 4.79 Å². The fourth-order valence-electron chi connectivity index (χ4n) is 1.09. The molecule has 3 nitrogen and oxygen atoms in total. The molecule has 0 aromatic carbocycles. The fraction of sp³-hybridized carbons (Fsp3) is 0.727. The summed E-state index contributed by atoms with van der Waals surface area (Å²) in [5.41, 5.74) is 0. The van der Waals surface area contributed by atoms with Crippen molar-refractivity contribution in [3.8, 4) is 0 Å². The predicted molar refractivity (Wildman–Crippen MR) is 56.1 cm³/mol. The van der Waals surface area contributed by atoms with Gasteiger partial charge >= 0.3 is 0 Å². The van der Waals surface area contributed by atoms with Gasteiger partial charge in [-0.05, 0) is 20.3 Å². The summed E-state index contributed by atoms with van der Waals surface area (Å²) in [4.78, 5) is 11.4. The van der Waals surface area contributed by atoms with Crippen molar-refractivity contribution < 1.29 is 14.3 Å². The summed E-state index contributed by atoms with van der Waals surface area (Å²) in [6.07, 6.45) is 2.97. The van der Waals surface area contributed by atoms with Crippen molar-refractivity contribution in [1.29, 1.82) is 0 Å². The first-order valence-electron chi connectivity index (χ1n) is 5.10. The van der Waals surface area contributed by atoms with E-state index in [0.29, 0.717) is 26.1 Å². The number of rotatable bonds is 9. The number of allylic oxidation sites excluding steroid dienone is 1. The van der Waals surface area contributed by atoms with E-state index in [1.54, 1.807) is 6.08 Å². The first-order valence-corrected chi connectivity index (χ1v) is 5.10. The van der Waals surface area contributed by atoms with Gasteiger partial charge in [0.2, 0.25) is 0 Å². The molecule has 14 heavy (non-hydrogen) atoms. The maximum atomic E-state index is 11.4. The Hall–Kier alpha value is -0.670. The lowest BCUT2D eigenvalue weighted by molar-refractivity contribution is -0.152. The van der Waals surface area contributed by atoms with Gasteiger partial charge in [0.25, 0.3) is 0 Å². The number of ketones is 1. The lowest BCUT2D eigenvalue weighted by atomic mass is 10.1. The van der Waals surface area contributed by atoms with Crippen LogP contribution in [-0.4, -0.2) is 25.3 Å². The average Bonchev–Trinajstić information content (AvgIpc) is 2.15. The first-order chi connectivity index (χ1) is 6.74. The van der Waals surface area contributed by atoms with Crippen molar-refractivity contribution in [1.82, 2.24) is 0 Å². The molecule has 0 bridgehead atoms. The van der Waals surface area contributed by atoms with Gasteiger partial charge in [0.1, 0.15) is 5.78 Å². The molecule has 0 spiro atoms. The monoisotopic (exact) mass is 200 g/mol. The summed E-state index contributed by atoms with van der Waals surface area (Å²) >= 11 is 0. The van der Waals surface area contributed by atoms with Gasteiger partial charge in [-0.3, -0.25) is 4.79 Å². The van der Waals surface area contributed by atoms with Crippen LogP contribution in [0.4, 0.5) is 0 Å². The molecule has 0 amide bonds. The summed E-state index contributed by atoms with van der Waals surface area (Å²) in [6.45, 7) is 8.49. The number of hydrogen-bond donors (Lipinski definition) is 0. The van der Waals surface area contributed by atoms with Gasteiger partial charge in [-0.1, -0.05) is 6.08 Å². The minimum absolute atomic E-state index is 0.164.